The summed E-state index contributed by atoms with van der Waals surface area (Å²) in [5, 5.41) is 1.41. The van der Waals surface area contributed by atoms with E-state index in [0.29, 0.717) is 13.2 Å². The summed E-state index contributed by atoms with van der Waals surface area (Å²) in [5.74, 6) is 0. The number of hydroxylamine groups is 2. The predicted molar refractivity (Wildman–Crippen MR) is 75.3 cm³/mol. The van der Waals surface area contributed by atoms with Crippen LogP contribution < -0.4 is 0 Å². The number of nitrogens with zero attached hydrogens (tertiary/aromatic N) is 2. The van der Waals surface area contributed by atoms with Gasteiger partial charge in [0.05, 0.1) is 18.8 Å². The summed E-state index contributed by atoms with van der Waals surface area (Å²) in [6.45, 7) is 1.08. The minimum atomic E-state index is -0.275. The van der Waals surface area contributed by atoms with Gasteiger partial charge in [-0.05, 0) is 6.42 Å². The molecule has 114 valence electrons. The molecule has 6 heteroatoms. The third-order valence-electron chi connectivity index (χ3n) is 3.97. The molecule has 2 aliphatic heterocycles. The number of methoxy groups -OCH3 is 2. The number of likely N-dealkylation sites (tertiary alicyclic amines) is 1. The van der Waals surface area contributed by atoms with Gasteiger partial charge in [0.2, 0.25) is 6.23 Å². The van der Waals surface area contributed by atoms with Gasteiger partial charge in [-0.15, -0.1) is 0 Å². The van der Waals surface area contributed by atoms with Crippen molar-refractivity contribution in [3.05, 3.63) is 35.9 Å². The lowest BCUT2D eigenvalue weighted by Crippen LogP contribution is -2.41. The Bertz CT molecular complexity index is 496. The Morgan fingerprint density at radius 3 is 2.76 bits per heavy atom. The molecule has 2 heterocycles. The molecule has 6 nitrogen and oxygen atoms in total. The van der Waals surface area contributed by atoms with Crippen molar-refractivity contribution in [1.82, 2.24) is 9.96 Å². The summed E-state index contributed by atoms with van der Waals surface area (Å²) < 4.78 is 10.6. The zero-order valence-corrected chi connectivity index (χ0v) is 12.3. The summed E-state index contributed by atoms with van der Waals surface area (Å²) in [5.41, 5.74) is 0.983. The summed E-state index contributed by atoms with van der Waals surface area (Å²) in [6.07, 6.45) is 0.577. The van der Waals surface area contributed by atoms with Gasteiger partial charge >= 0.3 is 6.03 Å². The topological polar surface area (TPSA) is 54.3 Å². The van der Waals surface area contributed by atoms with Crippen LogP contribution in [0.25, 0.3) is 0 Å². The molecule has 0 spiro atoms. The van der Waals surface area contributed by atoms with Gasteiger partial charge in [0, 0.05) is 26.3 Å². The quantitative estimate of drug-likeness (QED) is 0.794. The molecule has 1 unspecified atom stereocenters. The molecule has 0 aromatic heterocycles. The summed E-state index contributed by atoms with van der Waals surface area (Å²) >= 11 is 0. The van der Waals surface area contributed by atoms with Gasteiger partial charge in [0.15, 0.2) is 0 Å². The molecule has 3 rings (SSSR count). The first-order valence-electron chi connectivity index (χ1n) is 7.08. The van der Waals surface area contributed by atoms with Crippen LogP contribution in [0.2, 0.25) is 0 Å². The van der Waals surface area contributed by atoms with Crippen molar-refractivity contribution in [2.24, 2.45) is 0 Å². The highest BCUT2D eigenvalue weighted by Crippen LogP contribution is 2.39. The molecule has 21 heavy (non-hydrogen) atoms. The average Bonchev–Trinajstić information content (AvgIpc) is 3.22. The molecule has 0 saturated carbocycles. The van der Waals surface area contributed by atoms with Crippen LogP contribution in [0.4, 0.5) is 4.79 Å². The molecule has 0 bridgehead atoms. The lowest BCUT2D eigenvalue weighted by Gasteiger charge is -2.22. The van der Waals surface area contributed by atoms with Crippen molar-refractivity contribution in [3.63, 3.8) is 0 Å². The van der Waals surface area contributed by atoms with Crippen LogP contribution in [0, 0.1) is 0 Å². The van der Waals surface area contributed by atoms with E-state index in [1.807, 2.05) is 30.3 Å². The fourth-order valence-corrected chi connectivity index (χ4v) is 2.80. The largest absolute Gasteiger partial charge is 0.383 e. The maximum Gasteiger partial charge on any atom is 0.347 e. The Morgan fingerprint density at radius 1 is 1.33 bits per heavy atom. The van der Waals surface area contributed by atoms with E-state index in [2.05, 4.69) is 0 Å². The van der Waals surface area contributed by atoms with Crippen molar-refractivity contribution < 1.29 is 19.1 Å². The minimum Gasteiger partial charge on any atom is -0.383 e. The number of urea groups is 1. The highest BCUT2D eigenvalue weighted by atomic mass is 16.8. The fraction of sp³-hybridized carbons (Fsp3) is 0.533. The molecule has 2 saturated heterocycles. The van der Waals surface area contributed by atoms with E-state index >= 15 is 0 Å². The van der Waals surface area contributed by atoms with Crippen molar-refractivity contribution in [2.45, 2.75) is 24.8 Å². The number of amides is 2. The van der Waals surface area contributed by atoms with E-state index in [1.165, 1.54) is 5.06 Å². The summed E-state index contributed by atoms with van der Waals surface area (Å²) in [7, 11) is 3.31. The smallest absolute Gasteiger partial charge is 0.347 e. The van der Waals surface area contributed by atoms with E-state index in [-0.39, 0.29) is 24.4 Å². The van der Waals surface area contributed by atoms with Crippen LogP contribution in [0.3, 0.4) is 0 Å². The van der Waals surface area contributed by atoms with Gasteiger partial charge in [-0.2, -0.15) is 5.06 Å². The number of ether oxygens (including phenoxy) is 2. The van der Waals surface area contributed by atoms with Gasteiger partial charge < -0.3 is 14.4 Å². The molecular formula is C15H20N2O4. The van der Waals surface area contributed by atoms with Gasteiger partial charge in [0.25, 0.3) is 0 Å². The van der Waals surface area contributed by atoms with E-state index < -0.39 is 0 Å². The van der Waals surface area contributed by atoms with E-state index in [9.17, 15) is 4.79 Å². The summed E-state index contributed by atoms with van der Waals surface area (Å²) in [4.78, 5) is 19.8. The molecular weight excluding hydrogens is 272 g/mol. The Morgan fingerprint density at radius 2 is 2.10 bits per heavy atom. The van der Waals surface area contributed by atoms with Crippen molar-refractivity contribution in [1.29, 1.82) is 0 Å². The van der Waals surface area contributed by atoms with Crippen LogP contribution >= 0.6 is 0 Å². The van der Waals surface area contributed by atoms with Crippen LogP contribution in [-0.4, -0.2) is 55.5 Å². The van der Waals surface area contributed by atoms with E-state index in [0.717, 1.165) is 12.0 Å². The van der Waals surface area contributed by atoms with Crippen molar-refractivity contribution in [3.8, 4) is 0 Å². The molecule has 0 aliphatic carbocycles. The second-order valence-electron chi connectivity index (χ2n) is 5.33. The molecule has 1 aromatic rings. The molecule has 1 aromatic carbocycles. The zero-order chi connectivity index (χ0) is 14.8. The maximum atomic E-state index is 12.6. The van der Waals surface area contributed by atoms with Crippen LogP contribution in [0.1, 0.15) is 18.2 Å². The molecule has 0 radical (unpaired) electrons. The molecule has 2 amide bonds. The van der Waals surface area contributed by atoms with Crippen LogP contribution in [0.5, 0.6) is 0 Å². The molecule has 3 atom stereocenters. The molecule has 2 fully saturated rings. The Kier molecular flexibility index (Phi) is 4.10. The number of hydrogen-bond donors (Lipinski definition) is 0. The van der Waals surface area contributed by atoms with Crippen LogP contribution in [0.15, 0.2) is 30.3 Å². The third-order valence-corrected chi connectivity index (χ3v) is 3.97. The Hall–Kier alpha value is -1.63. The molecule has 2 aliphatic rings. The number of benzene rings is 1. The monoisotopic (exact) mass is 292 g/mol. The lowest BCUT2D eigenvalue weighted by molar-refractivity contribution is 0.0958. The lowest BCUT2D eigenvalue weighted by atomic mass is 10.2. The number of carbonyl (C=O) groups is 1. The van der Waals surface area contributed by atoms with Crippen molar-refractivity contribution >= 4 is 6.03 Å². The van der Waals surface area contributed by atoms with E-state index in [1.54, 1.807) is 19.1 Å². The summed E-state index contributed by atoms with van der Waals surface area (Å²) in [6, 6.07) is 9.63. The fourth-order valence-electron chi connectivity index (χ4n) is 2.80. The highest BCUT2D eigenvalue weighted by Gasteiger charge is 2.48. The standard InChI is InChI=1S/C15H20N2O4/c1-19-10-12-8-13(20-2)9-16(12)15(18)17-14(21-17)11-6-4-3-5-7-11/h3-7,12-14H,8-10H2,1-2H3/t12-,13-,14?,17?/m0/s1. The first kappa shape index (κ1) is 14.3. The zero-order valence-electron chi connectivity index (χ0n) is 12.3. The van der Waals surface area contributed by atoms with Gasteiger partial charge in [0.1, 0.15) is 0 Å². The first-order chi connectivity index (χ1) is 10.2. The first-order valence-corrected chi connectivity index (χ1v) is 7.08. The second kappa shape index (κ2) is 6.01. The van der Waals surface area contributed by atoms with Gasteiger partial charge in [-0.3, -0.25) is 0 Å². The second-order valence-corrected chi connectivity index (χ2v) is 5.33. The Labute approximate surface area is 124 Å². The maximum absolute atomic E-state index is 12.6. The van der Waals surface area contributed by atoms with Gasteiger partial charge in [-0.25, -0.2) is 9.63 Å². The normalized spacial score (nSPS) is 28.0. The van der Waals surface area contributed by atoms with Crippen LogP contribution in [-0.2, 0) is 14.3 Å². The number of carbonyl (C=O) groups excluding carboxylic acids is 1. The minimum absolute atomic E-state index is 0.0353. The molecule has 0 N–H and O–H groups in total. The SMILES string of the molecule is COC[C@@H]1C[C@H](OC)CN1C(=O)N1OC1c1ccccc1. The van der Waals surface area contributed by atoms with E-state index in [4.69, 9.17) is 14.3 Å². The number of rotatable bonds is 4. The average molecular weight is 292 g/mol. The van der Waals surface area contributed by atoms with Gasteiger partial charge in [-0.1, -0.05) is 30.3 Å². The van der Waals surface area contributed by atoms with Crippen molar-refractivity contribution in [2.75, 3.05) is 27.4 Å². The highest BCUT2D eigenvalue weighted by molar-refractivity contribution is 5.76. The third kappa shape index (κ3) is 2.88. The predicted octanol–water partition coefficient (Wildman–Crippen LogP) is 1.79. The Balaban J connectivity index is 1.65. The number of hydrogen-bond acceptors (Lipinski definition) is 4.